The van der Waals surface area contributed by atoms with E-state index >= 15 is 0 Å². The standard InChI is InChI=1S/C12H18N2O4/c1-4-16-10-8(12(15)18-6-3)7-9(13)11(14-10)17-5-2/h7H,4-6,13H2,1-3H3. The Kier molecular flexibility index (Phi) is 5.23. The number of carbonyl (C=O) groups excluding carboxylic acids is 1. The van der Waals surface area contributed by atoms with Crippen LogP contribution in [0.4, 0.5) is 5.69 Å². The summed E-state index contributed by atoms with van der Waals surface area (Å²) >= 11 is 0. The zero-order chi connectivity index (χ0) is 13.5. The first-order chi connectivity index (χ1) is 8.63. The maximum atomic E-state index is 11.7. The molecule has 0 amide bonds. The van der Waals surface area contributed by atoms with Gasteiger partial charge >= 0.3 is 5.97 Å². The van der Waals surface area contributed by atoms with Crippen LogP contribution in [0.15, 0.2) is 6.07 Å². The zero-order valence-corrected chi connectivity index (χ0v) is 10.9. The van der Waals surface area contributed by atoms with Crippen molar-refractivity contribution in [2.75, 3.05) is 25.6 Å². The van der Waals surface area contributed by atoms with Crippen molar-refractivity contribution < 1.29 is 19.0 Å². The molecule has 0 unspecified atom stereocenters. The van der Waals surface area contributed by atoms with Gasteiger partial charge in [0.2, 0.25) is 11.8 Å². The normalized spacial score (nSPS) is 9.94. The number of anilines is 1. The first-order valence-electron chi connectivity index (χ1n) is 5.87. The molecule has 0 atom stereocenters. The molecular weight excluding hydrogens is 236 g/mol. The van der Waals surface area contributed by atoms with E-state index in [1.165, 1.54) is 6.07 Å². The van der Waals surface area contributed by atoms with Crippen molar-refractivity contribution in [2.45, 2.75) is 20.8 Å². The molecule has 0 spiro atoms. The highest BCUT2D eigenvalue weighted by Crippen LogP contribution is 2.27. The van der Waals surface area contributed by atoms with E-state index < -0.39 is 5.97 Å². The van der Waals surface area contributed by atoms with Crippen LogP contribution < -0.4 is 15.2 Å². The van der Waals surface area contributed by atoms with Crippen LogP contribution in [0.3, 0.4) is 0 Å². The molecular formula is C12H18N2O4. The molecule has 6 nitrogen and oxygen atoms in total. The van der Waals surface area contributed by atoms with Crippen molar-refractivity contribution in [3.8, 4) is 11.8 Å². The van der Waals surface area contributed by atoms with Crippen molar-refractivity contribution in [3.63, 3.8) is 0 Å². The summed E-state index contributed by atoms with van der Waals surface area (Å²) in [6, 6.07) is 1.46. The van der Waals surface area contributed by atoms with E-state index in [1.54, 1.807) is 13.8 Å². The second-order valence-electron chi connectivity index (χ2n) is 3.32. The molecule has 0 aliphatic rings. The highest BCUT2D eigenvalue weighted by molar-refractivity contribution is 5.93. The molecule has 100 valence electrons. The number of nitrogens with two attached hydrogens (primary N) is 1. The quantitative estimate of drug-likeness (QED) is 0.777. The van der Waals surface area contributed by atoms with Crippen LogP contribution in [-0.2, 0) is 4.74 Å². The molecule has 0 fully saturated rings. The highest BCUT2D eigenvalue weighted by Gasteiger charge is 2.19. The minimum absolute atomic E-state index is 0.175. The molecule has 1 heterocycles. The molecule has 2 N–H and O–H groups in total. The summed E-state index contributed by atoms with van der Waals surface area (Å²) in [4.78, 5) is 15.8. The number of aromatic nitrogens is 1. The first kappa shape index (κ1) is 14.1. The minimum atomic E-state index is -0.511. The SMILES string of the molecule is CCOC(=O)c1cc(N)c(OCC)nc1OCC. The topological polar surface area (TPSA) is 83.7 Å². The molecule has 18 heavy (non-hydrogen) atoms. The van der Waals surface area contributed by atoms with Crippen molar-refractivity contribution in [1.82, 2.24) is 4.98 Å². The van der Waals surface area contributed by atoms with Gasteiger partial charge in [0.1, 0.15) is 5.56 Å². The van der Waals surface area contributed by atoms with E-state index in [-0.39, 0.29) is 29.6 Å². The van der Waals surface area contributed by atoms with E-state index in [9.17, 15) is 4.79 Å². The zero-order valence-electron chi connectivity index (χ0n) is 10.9. The molecule has 1 rings (SSSR count). The fourth-order valence-corrected chi connectivity index (χ4v) is 1.35. The largest absolute Gasteiger partial charge is 0.477 e. The van der Waals surface area contributed by atoms with E-state index in [1.807, 2.05) is 6.92 Å². The molecule has 0 saturated heterocycles. The molecule has 6 heteroatoms. The van der Waals surface area contributed by atoms with Gasteiger partial charge < -0.3 is 19.9 Å². The van der Waals surface area contributed by atoms with Crippen molar-refractivity contribution in [3.05, 3.63) is 11.6 Å². The lowest BCUT2D eigenvalue weighted by atomic mass is 10.2. The van der Waals surface area contributed by atoms with E-state index in [2.05, 4.69) is 4.98 Å². The molecule has 0 radical (unpaired) electrons. The maximum Gasteiger partial charge on any atom is 0.343 e. The van der Waals surface area contributed by atoms with Crippen molar-refractivity contribution >= 4 is 11.7 Å². The third-order valence-corrected chi connectivity index (χ3v) is 2.04. The Labute approximate surface area is 106 Å². The van der Waals surface area contributed by atoms with Gasteiger partial charge in [0.15, 0.2) is 0 Å². The highest BCUT2D eigenvalue weighted by atomic mass is 16.5. The van der Waals surface area contributed by atoms with Gasteiger partial charge in [-0.1, -0.05) is 0 Å². The second-order valence-corrected chi connectivity index (χ2v) is 3.32. The van der Waals surface area contributed by atoms with Crippen LogP contribution in [0.1, 0.15) is 31.1 Å². The summed E-state index contributed by atoms with van der Waals surface area (Å²) in [5.41, 5.74) is 6.24. The summed E-state index contributed by atoms with van der Waals surface area (Å²) in [5, 5.41) is 0. The van der Waals surface area contributed by atoms with Crippen LogP contribution in [0, 0.1) is 0 Å². The molecule has 0 bridgehead atoms. The lowest BCUT2D eigenvalue weighted by Gasteiger charge is -2.12. The molecule has 0 aliphatic carbocycles. The van der Waals surface area contributed by atoms with Crippen LogP contribution in [-0.4, -0.2) is 30.8 Å². The van der Waals surface area contributed by atoms with Gasteiger partial charge in [0.25, 0.3) is 0 Å². The number of hydrogen-bond acceptors (Lipinski definition) is 6. The fraction of sp³-hybridized carbons (Fsp3) is 0.500. The van der Waals surface area contributed by atoms with Gasteiger partial charge in [0, 0.05) is 0 Å². The Balaban J connectivity index is 3.15. The number of nitrogen functional groups attached to an aromatic ring is 1. The molecule has 1 aromatic rings. The summed E-state index contributed by atoms with van der Waals surface area (Å²) in [6.07, 6.45) is 0. The van der Waals surface area contributed by atoms with Gasteiger partial charge in [0.05, 0.1) is 25.5 Å². The van der Waals surface area contributed by atoms with Crippen molar-refractivity contribution in [1.29, 1.82) is 0 Å². The Hall–Kier alpha value is -1.98. The second kappa shape index (κ2) is 6.68. The Morgan fingerprint density at radius 2 is 1.78 bits per heavy atom. The average molecular weight is 254 g/mol. The monoisotopic (exact) mass is 254 g/mol. The predicted molar refractivity (Wildman–Crippen MR) is 66.9 cm³/mol. The van der Waals surface area contributed by atoms with Crippen LogP contribution in [0.2, 0.25) is 0 Å². The van der Waals surface area contributed by atoms with Crippen LogP contribution in [0.5, 0.6) is 11.8 Å². The fourth-order valence-electron chi connectivity index (χ4n) is 1.35. The van der Waals surface area contributed by atoms with Gasteiger partial charge in [-0.2, -0.15) is 4.98 Å². The summed E-state index contributed by atoms with van der Waals surface area (Å²) in [5.74, 6) is -0.0780. The first-order valence-corrected chi connectivity index (χ1v) is 5.87. The molecule has 0 aromatic carbocycles. The van der Waals surface area contributed by atoms with E-state index in [0.717, 1.165) is 0 Å². The van der Waals surface area contributed by atoms with E-state index in [0.29, 0.717) is 13.2 Å². The number of ether oxygens (including phenoxy) is 3. The number of esters is 1. The smallest absolute Gasteiger partial charge is 0.343 e. The van der Waals surface area contributed by atoms with Gasteiger partial charge in [-0.25, -0.2) is 4.79 Å². The van der Waals surface area contributed by atoms with Crippen LogP contribution in [0.25, 0.3) is 0 Å². The third kappa shape index (κ3) is 3.26. The van der Waals surface area contributed by atoms with Crippen molar-refractivity contribution in [2.24, 2.45) is 0 Å². The number of pyridine rings is 1. The minimum Gasteiger partial charge on any atom is -0.477 e. The third-order valence-electron chi connectivity index (χ3n) is 2.04. The Morgan fingerprint density at radius 3 is 2.33 bits per heavy atom. The average Bonchev–Trinajstić information content (AvgIpc) is 2.34. The summed E-state index contributed by atoms with van der Waals surface area (Å²) in [6.45, 7) is 6.44. The molecule has 0 saturated carbocycles. The number of rotatable bonds is 6. The lowest BCUT2D eigenvalue weighted by Crippen LogP contribution is -2.11. The number of hydrogen-bond donors (Lipinski definition) is 1. The van der Waals surface area contributed by atoms with Gasteiger partial charge in [-0.05, 0) is 26.8 Å². The van der Waals surface area contributed by atoms with Gasteiger partial charge in [-0.3, -0.25) is 0 Å². The Bertz CT molecular complexity index is 421. The lowest BCUT2D eigenvalue weighted by molar-refractivity contribution is 0.0521. The number of nitrogens with zero attached hydrogens (tertiary/aromatic N) is 1. The Morgan fingerprint density at radius 1 is 1.17 bits per heavy atom. The predicted octanol–water partition coefficient (Wildman–Crippen LogP) is 1.64. The summed E-state index contributed by atoms with van der Waals surface area (Å²) in [7, 11) is 0. The van der Waals surface area contributed by atoms with Gasteiger partial charge in [-0.15, -0.1) is 0 Å². The summed E-state index contributed by atoms with van der Waals surface area (Å²) < 4.78 is 15.5. The van der Waals surface area contributed by atoms with Crippen LogP contribution >= 0.6 is 0 Å². The molecule has 1 aromatic heterocycles. The maximum absolute atomic E-state index is 11.7. The number of carbonyl (C=O) groups is 1. The molecule has 0 aliphatic heterocycles. The van der Waals surface area contributed by atoms with E-state index in [4.69, 9.17) is 19.9 Å².